The molecule has 3 N–H and O–H groups in total. The first-order valence-electron chi connectivity index (χ1n) is 7.42. The van der Waals surface area contributed by atoms with E-state index in [4.69, 9.17) is 5.73 Å². The molecule has 104 valence electrons. The molecule has 2 saturated carbocycles. The number of nitrogens with zero attached hydrogens (tertiary/aromatic N) is 1. The van der Waals surface area contributed by atoms with E-state index in [2.05, 4.69) is 17.3 Å². The van der Waals surface area contributed by atoms with Gasteiger partial charge in [0.2, 0.25) is 5.91 Å². The van der Waals surface area contributed by atoms with E-state index in [-0.39, 0.29) is 11.9 Å². The molecular weight excluding hydrogens is 226 g/mol. The number of rotatable bonds is 6. The van der Waals surface area contributed by atoms with E-state index in [0.717, 1.165) is 12.8 Å². The molecule has 0 aromatic rings. The zero-order valence-corrected chi connectivity index (χ0v) is 11.5. The fourth-order valence-corrected chi connectivity index (χ4v) is 2.91. The third-order valence-electron chi connectivity index (χ3n) is 4.36. The number of likely N-dealkylation sites (N-methyl/N-ethyl adjacent to an activating group) is 1. The Hall–Kier alpha value is -0.610. The molecule has 0 aliphatic heterocycles. The SMILES string of the molecule is CN(C1CCCCC1)C(CN)CC(=O)NC1CC1. The van der Waals surface area contributed by atoms with Crippen LogP contribution in [0.5, 0.6) is 0 Å². The van der Waals surface area contributed by atoms with Gasteiger partial charge in [-0.05, 0) is 32.7 Å². The van der Waals surface area contributed by atoms with E-state index < -0.39 is 0 Å². The lowest BCUT2D eigenvalue weighted by Crippen LogP contribution is -2.47. The van der Waals surface area contributed by atoms with Crippen molar-refractivity contribution in [1.29, 1.82) is 0 Å². The minimum Gasteiger partial charge on any atom is -0.353 e. The zero-order chi connectivity index (χ0) is 13.0. The summed E-state index contributed by atoms with van der Waals surface area (Å²) in [5, 5.41) is 3.06. The van der Waals surface area contributed by atoms with Crippen molar-refractivity contribution in [3.63, 3.8) is 0 Å². The lowest BCUT2D eigenvalue weighted by atomic mass is 9.93. The van der Waals surface area contributed by atoms with Crippen LogP contribution in [0, 0.1) is 0 Å². The van der Waals surface area contributed by atoms with Crippen molar-refractivity contribution in [2.75, 3.05) is 13.6 Å². The summed E-state index contributed by atoms with van der Waals surface area (Å²) in [6, 6.07) is 1.28. The fourth-order valence-electron chi connectivity index (χ4n) is 2.91. The van der Waals surface area contributed by atoms with Gasteiger partial charge in [0.05, 0.1) is 0 Å². The average molecular weight is 253 g/mol. The van der Waals surface area contributed by atoms with Gasteiger partial charge in [0.15, 0.2) is 0 Å². The summed E-state index contributed by atoms with van der Waals surface area (Å²) < 4.78 is 0. The van der Waals surface area contributed by atoms with Gasteiger partial charge in [-0.3, -0.25) is 9.69 Å². The molecule has 1 unspecified atom stereocenters. The van der Waals surface area contributed by atoms with E-state index in [1.54, 1.807) is 0 Å². The molecule has 18 heavy (non-hydrogen) atoms. The van der Waals surface area contributed by atoms with Gasteiger partial charge in [-0.2, -0.15) is 0 Å². The summed E-state index contributed by atoms with van der Waals surface area (Å²) in [5.41, 5.74) is 5.85. The first-order chi connectivity index (χ1) is 8.70. The van der Waals surface area contributed by atoms with Gasteiger partial charge in [-0.25, -0.2) is 0 Å². The van der Waals surface area contributed by atoms with Crippen LogP contribution in [0.3, 0.4) is 0 Å². The van der Waals surface area contributed by atoms with Gasteiger partial charge in [0.25, 0.3) is 0 Å². The Bertz CT molecular complexity index is 272. The summed E-state index contributed by atoms with van der Waals surface area (Å²) in [7, 11) is 2.14. The minimum atomic E-state index is 0.176. The van der Waals surface area contributed by atoms with E-state index in [9.17, 15) is 4.79 Å². The fraction of sp³-hybridized carbons (Fsp3) is 0.929. The predicted molar refractivity (Wildman–Crippen MR) is 73.3 cm³/mol. The second-order valence-electron chi connectivity index (χ2n) is 5.89. The molecule has 0 spiro atoms. The molecule has 0 bridgehead atoms. The Kier molecular flexibility index (Phi) is 5.01. The molecule has 4 nitrogen and oxygen atoms in total. The second-order valence-corrected chi connectivity index (χ2v) is 5.89. The lowest BCUT2D eigenvalue weighted by Gasteiger charge is -2.36. The Balaban J connectivity index is 1.79. The molecule has 0 aromatic carbocycles. The highest BCUT2D eigenvalue weighted by atomic mass is 16.1. The smallest absolute Gasteiger partial charge is 0.221 e. The number of carbonyl (C=O) groups excluding carboxylic acids is 1. The van der Waals surface area contributed by atoms with Crippen LogP contribution in [0.2, 0.25) is 0 Å². The molecule has 0 saturated heterocycles. The lowest BCUT2D eigenvalue weighted by molar-refractivity contribution is -0.122. The van der Waals surface area contributed by atoms with Gasteiger partial charge in [0.1, 0.15) is 0 Å². The number of nitrogens with one attached hydrogen (secondary N) is 1. The summed E-state index contributed by atoms with van der Waals surface area (Å²) in [4.78, 5) is 14.2. The van der Waals surface area contributed by atoms with Crippen LogP contribution in [0.1, 0.15) is 51.4 Å². The van der Waals surface area contributed by atoms with E-state index in [1.165, 1.54) is 32.1 Å². The maximum Gasteiger partial charge on any atom is 0.221 e. The normalized spacial score (nSPS) is 23.1. The average Bonchev–Trinajstić information content (AvgIpc) is 3.20. The van der Waals surface area contributed by atoms with Gasteiger partial charge < -0.3 is 11.1 Å². The maximum absolute atomic E-state index is 11.9. The highest BCUT2D eigenvalue weighted by Crippen LogP contribution is 2.24. The van der Waals surface area contributed by atoms with Gasteiger partial charge in [-0.15, -0.1) is 0 Å². The zero-order valence-electron chi connectivity index (χ0n) is 11.5. The van der Waals surface area contributed by atoms with Crippen molar-refractivity contribution in [2.45, 2.75) is 69.5 Å². The van der Waals surface area contributed by atoms with Gasteiger partial charge >= 0.3 is 0 Å². The first-order valence-corrected chi connectivity index (χ1v) is 7.42. The first kappa shape index (κ1) is 13.8. The summed E-state index contributed by atoms with van der Waals surface area (Å²) in [6.45, 7) is 0.574. The number of amides is 1. The molecular formula is C14H27N3O. The molecule has 0 radical (unpaired) electrons. The van der Waals surface area contributed by atoms with E-state index in [1.807, 2.05) is 0 Å². The third kappa shape index (κ3) is 3.95. The maximum atomic E-state index is 11.9. The van der Waals surface area contributed by atoms with Crippen LogP contribution >= 0.6 is 0 Å². The number of hydrogen-bond donors (Lipinski definition) is 2. The Morgan fingerprint density at radius 3 is 2.50 bits per heavy atom. The van der Waals surface area contributed by atoms with Crippen molar-refractivity contribution in [2.24, 2.45) is 5.73 Å². The molecule has 0 aromatic heterocycles. The van der Waals surface area contributed by atoms with Crippen molar-refractivity contribution in [3.8, 4) is 0 Å². The van der Waals surface area contributed by atoms with E-state index in [0.29, 0.717) is 25.0 Å². The third-order valence-corrected chi connectivity index (χ3v) is 4.36. The van der Waals surface area contributed by atoms with Crippen molar-refractivity contribution < 1.29 is 4.79 Å². The molecule has 0 heterocycles. The standard InChI is InChI=1S/C14H27N3O/c1-17(12-5-3-2-4-6-12)13(10-15)9-14(18)16-11-7-8-11/h11-13H,2-10,15H2,1H3,(H,16,18). The second kappa shape index (κ2) is 6.53. The number of nitrogens with two attached hydrogens (primary N) is 1. The van der Waals surface area contributed by atoms with Crippen LogP contribution in [0.25, 0.3) is 0 Å². The molecule has 2 rings (SSSR count). The van der Waals surface area contributed by atoms with Crippen molar-refractivity contribution in [1.82, 2.24) is 10.2 Å². The quantitative estimate of drug-likeness (QED) is 0.749. The van der Waals surface area contributed by atoms with Gasteiger partial charge in [-0.1, -0.05) is 19.3 Å². The van der Waals surface area contributed by atoms with Crippen LogP contribution in [-0.4, -0.2) is 42.5 Å². The van der Waals surface area contributed by atoms with Crippen LogP contribution in [0.4, 0.5) is 0 Å². The van der Waals surface area contributed by atoms with Gasteiger partial charge in [0, 0.05) is 31.1 Å². The monoisotopic (exact) mass is 253 g/mol. The minimum absolute atomic E-state index is 0.176. The Morgan fingerprint density at radius 2 is 1.94 bits per heavy atom. The van der Waals surface area contributed by atoms with Crippen LogP contribution in [-0.2, 0) is 4.79 Å². The molecule has 1 atom stereocenters. The number of carbonyl (C=O) groups is 1. The molecule has 2 fully saturated rings. The predicted octanol–water partition coefficient (Wildman–Crippen LogP) is 1.25. The van der Waals surface area contributed by atoms with Crippen LogP contribution in [0.15, 0.2) is 0 Å². The molecule has 2 aliphatic rings. The highest BCUT2D eigenvalue weighted by Gasteiger charge is 2.28. The van der Waals surface area contributed by atoms with Crippen molar-refractivity contribution >= 4 is 5.91 Å². The summed E-state index contributed by atoms with van der Waals surface area (Å²) in [6.07, 6.45) is 9.38. The highest BCUT2D eigenvalue weighted by molar-refractivity contribution is 5.77. The number of hydrogen-bond acceptors (Lipinski definition) is 3. The molecule has 2 aliphatic carbocycles. The van der Waals surface area contributed by atoms with Crippen molar-refractivity contribution in [3.05, 3.63) is 0 Å². The van der Waals surface area contributed by atoms with Crippen LogP contribution < -0.4 is 11.1 Å². The molecule has 4 heteroatoms. The summed E-state index contributed by atoms with van der Waals surface area (Å²) >= 11 is 0. The summed E-state index contributed by atoms with van der Waals surface area (Å²) in [5.74, 6) is 0.176. The Morgan fingerprint density at radius 1 is 1.28 bits per heavy atom. The van der Waals surface area contributed by atoms with E-state index >= 15 is 0 Å². The Labute approximate surface area is 110 Å². The largest absolute Gasteiger partial charge is 0.353 e. The molecule has 1 amide bonds. The topological polar surface area (TPSA) is 58.4 Å².